The molecule has 0 aliphatic heterocycles. The topological polar surface area (TPSA) is 50.7 Å². The fourth-order valence-electron chi connectivity index (χ4n) is 1.18. The number of hydrogen-bond donors (Lipinski definition) is 1. The Bertz CT molecular complexity index is 576. The monoisotopic (exact) mass is 340 g/mol. The van der Waals surface area contributed by atoms with Crippen molar-refractivity contribution in [2.24, 2.45) is 0 Å². The molecule has 2 aromatic heterocycles. The number of halogens is 4. The Morgan fingerprint density at radius 1 is 1.30 bits per heavy atom. The summed E-state index contributed by atoms with van der Waals surface area (Å²) < 4.78 is 36.6. The van der Waals surface area contributed by atoms with Gasteiger partial charge in [0.15, 0.2) is 4.34 Å². The van der Waals surface area contributed by atoms with Crippen molar-refractivity contribution in [1.82, 2.24) is 15.2 Å². The quantitative estimate of drug-likeness (QED) is 0.661. The van der Waals surface area contributed by atoms with Gasteiger partial charge in [-0.05, 0) is 12.1 Å². The molecule has 2 rings (SSSR count). The predicted molar refractivity (Wildman–Crippen MR) is 73.3 cm³/mol. The fraction of sp³-hybridized carbons (Fsp3) is 0.300. The number of hydrogen-bond acceptors (Lipinski definition) is 6. The van der Waals surface area contributed by atoms with E-state index in [0.717, 1.165) is 17.0 Å². The highest BCUT2D eigenvalue weighted by Gasteiger charge is 2.27. The molecule has 0 saturated carbocycles. The molecule has 0 fully saturated rings. The van der Waals surface area contributed by atoms with Crippen molar-refractivity contribution in [1.29, 1.82) is 0 Å². The SMILES string of the molecule is FC(F)(F)CNc1nnc(SCc2cccc(Cl)n2)s1. The Kier molecular flexibility index (Phi) is 5.06. The van der Waals surface area contributed by atoms with Gasteiger partial charge in [-0.1, -0.05) is 40.8 Å². The maximum Gasteiger partial charge on any atom is 0.405 e. The second-order valence-electron chi connectivity index (χ2n) is 3.58. The highest BCUT2D eigenvalue weighted by atomic mass is 35.5. The lowest BCUT2D eigenvalue weighted by atomic mass is 10.4. The summed E-state index contributed by atoms with van der Waals surface area (Å²) in [5.74, 6) is 0.522. The van der Waals surface area contributed by atoms with Gasteiger partial charge in [0.2, 0.25) is 5.13 Å². The summed E-state index contributed by atoms with van der Waals surface area (Å²) in [6, 6.07) is 5.25. The zero-order chi connectivity index (χ0) is 14.6. The van der Waals surface area contributed by atoms with Crippen LogP contribution >= 0.6 is 34.7 Å². The van der Waals surface area contributed by atoms with E-state index < -0.39 is 12.7 Å². The van der Waals surface area contributed by atoms with Gasteiger partial charge in [0.05, 0.1) is 5.69 Å². The molecule has 1 N–H and O–H groups in total. The van der Waals surface area contributed by atoms with Crippen molar-refractivity contribution in [3.8, 4) is 0 Å². The van der Waals surface area contributed by atoms with Crippen LogP contribution in [0.2, 0.25) is 5.15 Å². The maximum absolute atomic E-state index is 12.0. The van der Waals surface area contributed by atoms with E-state index in [2.05, 4.69) is 20.5 Å². The minimum absolute atomic E-state index is 0.142. The van der Waals surface area contributed by atoms with Crippen molar-refractivity contribution in [3.05, 3.63) is 29.0 Å². The van der Waals surface area contributed by atoms with Gasteiger partial charge < -0.3 is 5.32 Å². The molecule has 0 aliphatic carbocycles. The summed E-state index contributed by atoms with van der Waals surface area (Å²) >= 11 is 8.16. The molecule has 0 bridgehead atoms. The molecule has 0 aromatic carbocycles. The molecule has 0 spiro atoms. The number of nitrogens with one attached hydrogen (secondary N) is 1. The Labute approximate surface area is 125 Å². The van der Waals surface area contributed by atoms with Crippen LogP contribution in [0.1, 0.15) is 5.69 Å². The molecule has 0 amide bonds. The number of nitrogens with zero attached hydrogens (tertiary/aromatic N) is 3. The van der Waals surface area contributed by atoms with E-state index in [9.17, 15) is 13.2 Å². The van der Waals surface area contributed by atoms with Gasteiger partial charge in [0.25, 0.3) is 0 Å². The Morgan fingerprint density at radius 2 is 2.10 bits per heavy atom. The molecular formula is C10H8ClF3N4S2. The fourth-order valence-corrected chi connectivity index (χ4v) is 3.02. The minimum Gasteiger partial charge on any atom is -0.351 e. The van der Waals surface area contributed by atoms with Crippen LogP contribution < -0.4 is 5.32 Å². The van der Waals surface area contributed by atoms with E-state index in [4.69, 9.17) is 11.6 Å². The second-order valence-corrected chi connectivity index (χ2v) is 6.17. The van der Waals surface area contributed by atoms with Crippen molar-refractivity contribution >= 4 is 39.8 Å². The smallest absolute Gasteiger partial charge is 0.351 e. The maximum atomic E-state index is 12.0. The van der Waals surface area contributed by atoms with E-state index in [1.54, 1.807) is 12.1 Å². The Hall–Kier alpha value is -1.06. The van der Waals surface area contributed by atoms with Crippen LogP contribution in [0.25, 0.3) is 0 Å². The standard InChI is InChI=1S/C10H8ClF3N4S2/c11-7-3-1-2-6(16-7)4-19-9-18-17-8(20-9)15-5-10(12,13)14/h1-3H,4-5H2,(H,15,17). The molecule has 20 heavy (non-hydrogen) atoms. The predicted octanol–water partition coefficient (Wildman–Crippen LogP) is 3.85. The first kappa shape index (κ1) is 15.3. The van der Waals surface area contributed by atoms with Crippen LogP contribution in [0, 0.1) is 0 Å². The normalized spacial score (nSPS) is 11.6. The van der Waals surface area contributed by atoms with E-state index in [1.165, 1.54) is 11.8 Å². The molecular weight excluding hydrogens is 333 g/mol. The lowest BCUT2D eigenvalue weighted by Gasteiger charge is -2.05. The van der Waals surface area contributed by atoms with E-state index >= 15 is 0 Å². The van der Waals surface area contributed by atoms with Crippen LogP contribution in [0.5, 0.6) is 0 Å². The highest BCUT2D eigenvalue weighted by molar-refractivity contribution is 8.00. The van der Waals surface area contributed by atoms with Gasteiger partial charge in [-0.25, -0.2) is 4.98 Å². The third-order valence-electron chi connectivity index (χ3n) is 1.96. The Balaban J connectivity index is 1.87. The molecule has 2 heterocycles. The summed E-state index contributed by atoms with van der Waals surface area (Å²) in [6.07, 6.45) is -4.27. The number of anilines is 1. The van der Waals surface area contributed by atoms with Crippen LogP contribution in [0.4, 0.5) is 18.3 Å². The third kappa shape index (κ3) is 5.14. The van der Waals surface area contributed by atoms with Crippen LogP contribution in [-0.2, 0) is 5.75 Å². The van der Waals surface area contributed by atoms with Crippen molar-refractivity contribution in [2.45, 2.75) is 16.3 Å². The minimum atomic E-state index is -4.27. The molecule has 2 aromatic rings. The molecule has 0 saturated heterocycles. The number of rotatable bonds is 5. The molecule has 0 unspecified atom stereocenters. The lowest BCUT2D eigenvalue weighted by molar-refractivity contribution is -0.115. The van der Waals surface area contributed by atoms with Gasteiger partial charge in [-0.15, -0.1) is 10.2 Å². The number of aromatic nitrogens is 3. The molecule has 0 aliphatic rings. The van der Waals surface area contributed by atoms with Crippen molar-refractivity contribution in [3.63, 3.8) is 0 Å². The number of thioether (sulfide) groups is 1. The van der Waals surface area contributed by atoms with E-state index in [-0.39, 0.29) is 5.13 Å². The average Bonchev–Trinajstić information content (AvgIpc) is 2.81. The summed E-state index contributed by atoms with van der Waals surface area (Å²) in [5.41, 5.74) is 0.766. The molecule has 10 heteroatoms. The van der Waals surface area contributed by atoms with Crippen molar-refractivity contribution < 1.29 is 13.2 Å². The number of alkyl halides is 3. The van der Waals surface area contributed by atoms with Gasteiger partial charge in [0, 0.05) is 5.75 Å². The Morgan fingerprint density at radius 3 is 2.80 bits per heavy atom. The van der Waals surface area contributed by atoms with Crippen LogP contribution in [0.15, 0.2) is 22.5 Å². The first-order valence-electron chi connectivity index (χ1n) is 5.31. The third-order valence-corrected chi connectivity index (χ3v) is 4.22. The summed E-state index contributed by atoms with van der Waals surface area (Å²) in [6.45, 7) is -1.12. The summed E-state index contributed by atoms with van der Waals surface area (Å²) in [5, 5.41) is 10.2. The zero-order valence-corrected chi connectivity index (χ0v) is 12.2. The van der Waals surface area contributed by atoms with Gasteiger partial charge in [-0.3, -0.25) is 0 Å². The molecule has 4 nitrogen and oxygen atoms in total. The lowest BCUT2D eigenvalue weighted by Crippen LogP contribution is -2.21. The van der Waals surface area contributed by atoms with Gasteiger partial charge in [-0.2, -0.15) is 13.2 Å². The van der Waals surface area contributed by atoms with Gasteiger partial charge >= 0.3 is 6.18 Å². The first-order valence-corrected chi connectivity index (χ1v) is 7.49. The number of pyridine rings is 1. The molecule has 108 valence electrons. The largest absolute Gasteiger partial charge is 0.405 e. The van der Waals surface area contributed by atoms with E-state index in [0.29, 0.717) is 15.2 Å². The first-order chi connectivity index (χ1) is 9.42. The molecule has 0 atom stereocenters. The zero-order valence-electron chi connectivity index (χ0n) is 9.82. The van der Waals surface area contributed by atoms with Gasteiger partial charge in [0.1, 0.15) is 11.7 Å². The molecule has 0 radical (unpaired) electrons. The van der Waals surface area contributed by atoms with Crippen LogP contribution in [0.3, 0.4) is 0 Å². The highest BCUT2D eigenvalue weighted by Crippen LogP contribution is 2.28. The average molecular weight is 341 g/mol. The van der Waals surface area contributed by atoms with E-state index in [1.807, 2.05) is 6.07 Å². The summed E-state index contributed by atoms with van der Waals surface area (Å²) in [4.78, 5) is 4.10. The van der Waals surface area contributed by atoms with Crippen LogP contribution in [-0.4, -0.2) is 27.9 Å². The van der Waals surface area contributed by atoms with Crippen molar-refractivity contribution in [2.75, 3.05) is 11.9 Å². The second kappa shape index (κ2) is 6.59. The summed E-state index contributed by atoms with van der Waals surface area (Å²) in [7, 11) is 0.